The smallest absolute Gasteiger partial charge is 0.372 e. The van der Waals surface area contributed by atoms with E-state index in [-0.39, 0.29) is 22.2 Å². The first-order valence-electron chi connectivity index (χ1n) is 6.49. The van der Waals surface area contributed by atoms with Gasteiger partial charge in [-0.2, -0.15) is 13.2 Å². The highest BCUT2D eigenvalue weighted by Crippen LogP contribution is 2.32. The van der Waals surface area contributed by atoms with Crippen LogP contribution in [0.15, 0.2) is 22.7 Å². The van der Waals surface area contributed by atoms with Crippen molar-refractivity contribution in [3.05, 3.63) is 33.8 Å². The molecule has 2 unspecified atom stereocenters. The van der Waals surface area contributed by atoms with E-state index in [4.69, 9.17) is 4.74 Å². The Balaban J connectivity index is 2.29. The molecule has 2 rings (SSSR count). The Kier molecular flexibility index (Phi) is 4.63. The van der Waals surface area contributed by atoms with Gasteiger partial charge in [0.2, 0.25) is 0 Å². The molecule has 1 aliphatic rings. The fraction of sp³-hybridized carbons (Fsp3) is 0.500. The van der Waals surface area contributed by atoms with Crippen LogP contribution in [-0.4, -0.2) is 36.1 Å². The van der Waals surface area contributed by atoms with Crippen molar-refractivity contribution < 1.29 is 22.7 Å². The lowest BCUT2D eigenvalue weighted by molar-refractivity contribution is -0.137. The van der Waals surface area contributed by atoms with E-state index in [0.717, 1.165) is 12.1 Å². The number of carbonyl (C=O) groups excluding carboxylic acids is 1. The van der Waals surface area contributed by atoms with Gasteiger partial charge in [0, 0.05) is 23.1 Å². The number of amides is 1. The first-order chi connectivity index (χ1) is 9.66. The number of rotatable bonds is 1. The molecule has 0 radical (unpaired) electrons. The molecule has 7 heteroatoms. The largest absolute Gasteiger partial charge is 0.416 e. The second-order valence-electron chi connectivity index (χ2n) is 5.19. The van der Waals surface area contributed by atoms with Crippen LogP contribution < -0.4 is 0 Å². The number of benzene rings is 1. The Morgan fingerprint density at radius 2 is 1.81 bits per heavy atom. The van der Waals surface area contributed by atoms with Gasteiger partial charge in [-0.05, 0) is 32.0 Å². The summed E-state index contributed by atoms with van der Waals surface area (Å²) in [6, 6.07) is 3.25. The lowest BCUT2D eigenvalue weighted by atomic mass is 10.1. The van der Waals surface area contributed by atoms with E-state index in [0.29, 0.717) is 13.1 Å². The third kappa shape index (κ3) is 3.97. The van der Waals surface area contributed by atoms with Crippen molar-refractivity contribution in [1.29, 1.82) is 0 Å². The summed E-state index contributed by atoms with van der Waals surface area (Å²) in [5.41, 5.74) is -0.812. The maximum Gasteiger partial charge on any atom is 0.416 e. The monoisotopic (exact) mass is 365 g/mol. The van der Waals surface area contributed by atoms with Crippen molar-refractivity contribution in [3.63, 3.8) is 0 Å². The van der Waals surface area contributed by atoms with Gasteiger partial charge in [-0.3, -0.25) is 4.79 Å². The highest BCUT2D eigenvalue weighted by Gasteiger charge is 2.33. The molecule has 0 N–H and O–H groups in total. The van der Waals surface area contributed by atoms with Gasteiger partial charge >= 0.3 is 6.18 Å². The maximum atomic E-state index is 12.8. The molecule has 1 heterocycles. The van der Waals surface area contributed by atoms with Gasteiger partial charge in [-0.25, -0.2) is 0 Å². The molecule has 0 aliphatic carbocycles. The van der Waals surface area contributed by atoms with Crippen LogP contribution in [0.4, 0.5) is 13.2 Å². The molecule has 1 aromatic rings. The van der Waals surface area contributed by atoms with Gasteiger partial charge in [0.25, 0.3) is 5.91 Å². The summed E-state index contributed by atoms with van der Waals surface area (Å²) in [5, 5.41) is 0. The van der Waals surface area contributed by atoms with Gasteiger partial charge in [-0.15, -0.1) is 0 Å². The molecule has 21 heavy (non-hydrogen) atoms. The van der Waals surface area contributed by atoms with E-state index >= 15 is 0 Å². The number of hydrogen-bond donors (Lipinski definition) is 0. The predicted molar refractivity (Wildman–Crippen MR) is 75.1 cm³/mol. The third-order valence-corrected chi connectivity index (χ3v) is 3.64. The molecule has 3 nitrogen and oxygen atoms in total. The predicted octanol–water partition coefficient (Wildman–Crippen LogP) is 3.72. The number of nitrogens with zero attached hydrogens (tertiary/aromatic N) is 1. The van der Waals surface area contributed by atoms with Crippen LogP contribution in [0.1, 0.15) is 29.8 Å². The Hall–Kier alpha value is -1.08. The van der Waals surface area contributed by atoms with Crippen LogP contribution in [0.3, 0.4) is 0 Å². The summed E-state index contributed by atoms with van der Waals surface area (Å²) >= 11 is 3.03. The first kappa shape index (κ1) is 16.3. The summed E-state index contributed by atoms with van der Waals surface area (Å²) in [5.74, 6) is -0.413. The van der Waals surface area contributed by atoms with Crippen molar-refractivity contribution in [3.8, 4) is 0 Å². The summed E-state index contributed by atoms with van der Waals surface area (Å²) in [6.07, 6.45) is -4.75. The number of ether oxygens (including phenoxy) is 1. The molecule has 1 amide bonds. The molecular weight excluding hydrogens is 351 g/mol. The van der Waals surface area contributed by atoms with E-state index < -0.39 is 17.6 Å². The van der Waals surface area contributed by atoms with Crippen molar-refractivity contribution in [2.24, 2.45) is 0 Å². The van der Waals surface area contributed by atoms with Crippen molar-refractivity contribution >= 4 is 21.8 Å². The van der Waals surface area contributed by atoms with Crippen molar-refractivity contribution in [1.82, 2.24) is 4.90 Å². The highest BCUT2D eigenvalue weighted by molar-refractivity contribution is 9.10. The molecule has 1 fully saturated rings. The number of carbonyl (C=O) groups is 1. The Morgan fingerprint density at radius 3 is 2.33 bits per heavy atom. The zero-order chi connectivity index (χ0) is 15.8. The number of halogens is 4. The maximum absolute atomic E-state index is 12.8. The molecule has 0 aromatic heterocycles. The topological polar surface area (TPSA) is 29.5 Å². The van der Waals surface area contributed by atoms with E-state index in [1.54, 1.807) is 0 Å². The lowest BCUT2D eigenvalue weighted by Gasteiger charge is -2.35. The first-order valence-corrected chi connectivity index (χ1v) is 7.28. The second kappa shape index (κ2) is 5.96. The average Bonchev–Trinajstić information content (AvgIpc) is 2.35. The van der Waals surface area contributed by atoms with Gasteiger partial charge in [-0.1, -0.05) is 15.9 Å². The second-order valence-corrected chi connectivity index (χ2v) is 6.11. The van der Waals surface area contributed by atoms with E-state index in [2.05, 4.69) is 15.9 Å². The SMILES string of the molecule is CC1CN(C(=O)c2cc(Br)cc(C(F)(F)F)c2)CC(C)O1. The number of alkyl halides is 3. The lowest BCUT2D eigenvalue weighted by Crippen LogP contribution is -2.48. The van der Waals surface area contributed by atoms with Crippen LogP contribution in [-0.2, 0) is 10.9 Å². The number of morpholine rings is 1. The Morgan fingerprint density at radius 1 is 1.24 bits per heavy atom. The van der Waals surface area contributed by atoms with Gasteiger partial charge in [0.15, 0.2) is 0 Å². The fourth-order valence-corrected chi connectivity index (χ4v) is 2.90. The normalized spacial score (nSPS) is 23.2. The summed E-state index contributed by atoms with van der Waals surface area (Å²) in [6.45, 7) is 4.41. The molecule has 1 aromatic carbocycles. The zero-order valence-corrected chi connectivity index (χ0v) is 13.2. The minimum absolute atomic E-state index is 0.0259. The van der Waals surface area contributed by atoms with Crippen LogP contribution in [0.25, 0.3) is 0 Å². The number of hydrogen-bond acceptors (Lipinski definition) is 2. The minimum atomic E-state index is -4.48. The van der Waals surface area contributed by atoms with E-state index in [9.17, 15) is 18.0 Å². The molecule has 2 atom stereocenters. The van der Waals surface area contributed by atoms with Crippen LogP contribution in [0.2, 0.25) is 0 Å². The molecule has 0 bridgehead atoms. The van der Waals surface area contributed by atoms with E-state index in [1.165, 1.54) is 11.0 Å². The molecule has 1 saturated heterocycles. The van der Waals surface area contributed by atoms with Gasteiger partial charge < -0.3 is 9.64 Å². The molecule has 116 valence electrons. The van der Waals surface area contributed by atoms with E-state index in [1.807, 2.05) is 13.8 Å². The summed E-state index contributed by atoms with van der Waals surface area (Å²) < 4.78 is 44.2. The molecule has 0 spiro atoms. The Labute approximate surface area is 129 Å². The highest BCUT2D eigenvalue weighted by atomic mass is 79.9. The quantitative estimate of drug-likeness (QED) is 0.758. The fourth-order valence-electron chi connectivity index (χ4n) is 2.40. The molecular formula is C14H15BrF3NO2. The zero-order valence-electron chi connectivity index (χ0n) is 11.6. The average molecular weight is 366 g/mol. The van der Waals surface area contributed by atoms with Gasteiger partial charge in [0.1, 0.15) is 0 Å². The summed E-state index contributed by atoms with van der Waals surface area (Å²) in [7, 11) is 0. The van der Waals surface area contributed by atoms with Crippen LogP contribution >= 0.6 is 15.9 Å². The molecule has 1 aliphatic heterocycles. The minimum Gasteiger partial charge on any atom is -0.372 e. The summed E-state index contributed by atoms with van der Waals surface area (Å²) in [4.78, 5) is 13.9. The van der Waals surface area contributed by atoms with Crippen molar-refractivity contribution in [2.45, 2.75) is 32.2 Å². The Bertz CT molecular complexity index is 538. The standard InChI is InChI=1S/C14H15BrF3NO2/c1-8-6-19(7-9(2)21-8)13(20)10-3-11(14(16,17)18)5-12(15)4-10/h3-5,8-9H,6-7H2,1-2H3. The van der Waals surface area contributed by atoms with Crippen molar-refractivity contribution in [2.75, 3.05) is 13.1 Å². The van der Waals surface area contributed by atoms with Gasteiger partial charge in [0.05, 0.1) is 17.8 Å². The third-order valence-electron chi connectivity index (χ3n) is 3.18. The van der Waals surface area contributed by atoms with Crippen LogP contribution in [0, 0.1) is 0 Å². The van der Waals surface area contributed by atoms with Crippen LogP contribution in [0.5, 0.6) is 0 Å². The molecule has 0 saturated carbocycles.